The van der Waals surface area contributed by atoms with Crippen LogP contribution in [-0.4, -0.2) is 40.1 Å². The molecule has 0 rings (SSSR count). The van der Waals surface area contributed by atoms with Crippen molar-refractivity contribution >= 4 is 20.6 Å². The van der Waals surface area contributed by atoms with Gasteiger partial charge in [-0.3, -0.25) is 0 Å². The van der Waals surface area contributed by atoms with E-state index in [2.05, 4.69) is 39.5 Å². The van der Waals surface area contributed by atoms with Crippen molar-refractivity contribution in [3.63, 3.8) is 0 Å². The highest BCUT2D eigenvalue weighted by molar-refractivity contribution is 7.99. The molecule has 0 aromatic rings. The lowest BCUT2D eigenvalue weighted by Gasteiger charge is -2.30. The van der Waals surface area contributed by atoms with E-state index in [1.807, 2.05) is 0 Å². The molecule has 0 atom stereocenters. The Morgan fingerprint density at radius 3 is 1.44 bits per heavy atom. The summed E-state index contributed by atoms with van der Waals surface area (Å²) in [7, 11) is -2.51. The molecule has 0 saturated carbocycles. The van der Waals surface area contributed by atoms with Crippen molar-refractivity contribution in [1.29, 1.82) is 0 Å². The molecule has 164 valence electrons. The monoisotopic (exact) mass is 420 g/mol. The van der Waals surface area contributed by atoms with Gasteiger partial charge in [0.2, 0.25) is 0 Å². The Morgan fingerprint density at radius 1 is 0.519 bits per heavy atom. The third-order valence-electron chi connectivity index (χ3n) is 4.62. The zero-order valence-corrected chi connectivity index (χ0v) is 20.7. The minimum atomic E-state index is -2.51. The van der Waals surface area contributed by atoms with Crippen molar-refractivity contribution in [3.05, 3.63) is 0 Å². The van der Waals surface area contributed by atoms with Gasteiger partial charge < -0.3 is 13.3 Å². The van der Waals surface area contributed by atoms with Gasteiger partial charge in [-0.25, -0.2) is 0 Å². The molecule has 5 heteroatoms. The molecule has 0 unspecified atom stereocenters. The quantitative estimate of drug-likeness (QED) is 0.134. The average molecular weight is 421 g/mol. The fourth-order valence-corrected chi connectivity index (χ4v) is 6.63. The summed E-state index contributed by atoms with van der Waals surface area (Å²) in [5.41, 5.74) is 0. The highest BCUT2D eigenvalue weighted by Crippen LogP contribution is 2.22. The van der Waals surface area contributed by atoms with Crippen LogP contribution in [0.15, 0.2) is 0 Å². The molecule has 0 aliphatic carbocycles. The molecule has 0 saturated heterocycles. The van der Waals surface area contributed by atoms with Crippen LogP contribution in [0.5, 0.6) is 0 Å². The van der Waals surface area contributed by atoms with Gasteiger partial charge in [0.1, 0.15) is 0 Å². The first-order valence-electron chi connectivity index (χ1n) is 11.7. The van der Waals surface area contributed by atoms with Gasteiger partial charge in [-0.1, -0.05) is 72.6 Å². The summed E-state index contributed by atoms with van der Waals surface area (Å²) in [5, 5.41) is 0. The van der Waals surface area contributed by atoms with Gasteiger partial charge in [-0.2, -0.15) is 11.8 Å². The van der Waals surface area contributed by atoms with Crippen molar-refractivity contribution in [2.24, 2.45) is 0 Å². The summed E-state index contributed by atoms with van der Waals surface area (Å²) in [6.07, 6.45) is 14.8. The summed E-state index contributed by atoms with van der Waals surface area (Å²) in [6.45, 7) is 11.3. The summed E-state index contributed by atoms with van der Waals surface area (Å²) < 4.78 is 19.0. The molecular formula is C22H48O3SSi. The Morgan fingerprint density at radius 2 is 0.963 bits per heavy atom. The second kappa shape index (κ2) is 21.2. The van der Waals surface area contributed by atoms with E-state index in [1.54, 1.807) is 0 Å². The molecule has 0 aliphatic heterocycles. The van der Waals surface area contributed by atoms with Crippen LogP contribution >= 0.6 is 11.8 Å². The fraction of sp³-hybridized carbons (Fsp3) is 1.00. The molecule has 0 heterocycles. The maximum absolute atomic E-state index is 6.32. The van der Waals surface area contributed by atoms with Crippen LogP contribution in [0.2, 0.25) is 6.04 Å². The van der Waals surface area contributed by atoms with E-state index in [9.17, 15) is 0 Å². The van der Waals surface area contributed by atoms with E-state index < -0.39 is 8.80 Å². The van der Waals surface area contributed by atoms with E-state index >= 15 is 0 Å². The smallest absolute Gasteiger partial charge is 0.373 e. The van der Waals surface area contributed by atoms with E-state index in [-0.39, 0.29) is 0 Å². The number of hydrogen-bond donors (Lipinski definition) is 0. The molecule has 3 nitrogen and oxygen atoms in total. The van der Waals surface area contributed by atoms with Crippen LogP contribution in [0.3, 0.4) is 0 Å². The minimum absolute atomic E-state index is 0.783. The number of unbranched alkanes of at least 4 members (excludes halogenated alkanes) is 7. The topological polar surface area (TPSA) is 27.7 Å². The van der Waals surface area contributed by atoms with Crippen LogP contribution in [0.1, 0.15) is 105 Å². The lowest BCUT2D eigenvalue weighted by atomic mass is 10.2. The lowest BCUT2D eigenvalue weighted by Crippen LogP contribution is -2.46. The third kappa shape index (κ3) is 17.1. The van der Waals surface area contributed by atoms with Crippen LogP contribution < -0.4 is 0 Å². The predicted octanol–water partition coefficient (Wildman–Crippen LogP) is 7.47. The lowest BCUT2D eigenvalue weighted by molar-refractivity contribution is 0.0562. The Balaban J connectivity index is 4.32. The van der Waals surface area contributed by atoms with Gasteiger partial charge in [-0.15, -0.1) is 0 Å². The number of thioether (sulfide) groups is 1. The standard InChI is InChI=1S/C22H48O3SSi/c1-5-9-13-14-15-20-26-21-16-22-27(23-17-10-6-2,24-18-11-7-3)25-19-12-8-4/h5-22H2,1-4H3. The summed E-state index contributed by atoms with van der Waals surface area (Å²) in [5.74, 6) is 2.50. The minimum Gasteiger partial charge on any atom is -0.373 e. The predicted molar refractivity (Wildman–Crippen MR) is 124 cm³/mol. The Kier molecular flexibility index (Phi) is 21.5. The van der Waals surface area contributed by atoms with Gasteiger partial charge >= 0.3 is 8.80 Å². The van der Waals surface area contributed by atoms with Crippen molar-refractivity contribution in [2.75, 3.05) is 31.3 Å². The molecule has 0 aliphatic rings. The Hall–Kier alpha value is 0.447. The average Bonchev–Trinajstić information content (AvgIpc) is 2.67. The summed E-state index contributed by atoms with van der Waals surface area (Å²) in [6, 6.07) is 0.979. The van der Waals surface area contributed by atoms with Gasteiger partial charge in [-0.05, 0) is 43.6 Å². The third-order valence-corrected chi connectivity index (χ3v) is 8.68. The Labute approximate surface area is 176 Å². The van der Waals surface area contributed by atoms with Gasteiger partial charge in [0.25, 0.3) is 0 Å². The van der Waals surface area contributed by atoms with Crippen LogP contribution in [-0.2, 0) is 13.3 Å². The number of rotatable bonds is 22. The second-order valence-electron chi connectivity index (χ2n) is 7.42. The molecule has 0 spiro atoms. The van der Waals surface area contributed by atoms with Crippen LogP contribution in [0, 0.1) is 0 Å². The Bertz CT molecular complexity index is 266. The van der Waals surface area contributed by atoms with Crippen molar-refractivity contribution < 1.29 is 13.3 Å². The molecule has 0 radical (unpaired) electrons. The van der Waals surface area contributed by atoms with Crippen LogP contribution in [0.4, 0.5) is 0 Å². The summed E-state index contributed by atoms with van der Waals surface area (Å²) in [4.78, 5) is 0. The van der Waals surface area contributed by atoms with Crippen molar-refractivity contribution in [2.45, 2.75) is 111 Å². The maximum atomic E-state index is 6.32. The first kappa shape index (κ1) is 27.4. The summed E-state index contributed by atoms with van der Waals surface area (Å²) >= 11 is 2.09. The van der Waals surface area contributed by atoms with E-state index in [4.69, 9.17) is 13.3 Å². The largest absolute Gasteiger partial charge is 0.500 e. The van der Waals surface area contributed by atoms with Gasteiger partial charge in [0, 0.05) is 25.9 Å². The highest BCUT2D eigenvalue weighted by atomic mass is 32.2. The van der Waals surface area contributed by atoms with Gasteiger partial charge in [0.15, 0.2) is 0 Å². The zero-order valence-electron chi connectivity index (χ0n) is 18.9. The first-order chi connectivity index (χ1) is 13.2. The normalized spacial score (nSPS) is 12.0. The molecular weight excluding hydrogens is 372 g/mol. The molecule has 0 aromatic carbocycles. The fourth-order valence-electron chi connectivity index (χ4n) is 2.76. The maximum Gasteiger partial charge on any atom is 0.500 e. The number of hydrogen-bond acceptors (Lipinski definition) is 4. The highest BCUT2D eigenvalue weighted by Gasteiger charge is 2.40. The van der Waals surface area contributed by atoms with Crippen molar-refractivity contribution in [3.8, 4) is 0 Å². The van der Waals surface area contributed by atoms with E-state index in [0.717, 1.165) is 70.8 Å². The molecule has 0 fully saturated rings. The van der Waals surface area contributed by atoms with E-state index in [1.165, 1.54) is 43.6 Å². The van der Waals surface area contributed by atoms with E-state index in [0.29, 0.717) is 0 Å². The second-order valence-corrected chi connectivity index (χ2v) is 11.4. The van der Waals surface area contributed by atoms with Gasteiger partial charge in [0.05, 0.1) is 0 Å². The molecule has 0 amide bonds. The molecule has 0 aromatic heterocycles. The molecule has 0 bridgehead atoms. The SMILES string of the molecule is CCCCCCCSCCC[Si](OCCCC)(OCCCC)OCCCC. The first-order valence-corrected chi connectivity index (χ1v) is 14.8. The van der Waals surface area contributed by atoms with Crippen molar-refractivity contribution in [1.82, 2.24) is 0 Å². The molecule has 0 N–H and O–H groups in total. The zero-order chi connectivity index (χ0) is 20.1. The molecule has 27 heavy (non-hydrogen) atoms. The van der Waals surface area contributed by atoms with Crippen LogP contribution in [0.25, 0.3) is 0 Å².